The van der Waals surface area contributed by atoms with Crippen LogP contribution in [0.3, 0.4) is 0 Å². The van der Waals surface area contributed by atoms with Gasteiger partial charge in [-0.3, -0.25) is 9.59 Å². The maximum absolute atomic E-state index is 13.3. The molecule has 0 aromatic heterocycles. The molecule has 122 valence electrons. The molecular formula is C21H21NO2. The summed E-state index contributed by atoms with van der Waals surface area (Å²) in [6.45, 7) is 4.24. The third kappa shape index (κ3) is 2.11. The van der Waals surface area contributed by atoms with Crippen molar-refractivity contribution in [1.29, 1.82) is 0 Å². The Bertz CT molecular complexity index is 829. The van der Waals surface area contributed by atoms with Gasteiger partial charge in [-0.1, -0.05) is 36.4 Å². The molecule has 1 amide bonds. The van der Waals surface area contributed by atoms with Gasteiger partial charge in [-0.25, -0.2) is 0 Å². The first-order chi connectivity index (χ1) is 11.6. The van der Waals surface area contributed by atoms with E-state index >= 15 is 0 Å². The van der Waals surface area contributed by atoms with Crippen molar-refractivity contribution < 1.29 is 9.59 Å². The summed E-state index contributed by atoms with van der Waals surface area (Å²) in [5.74, 6) is 0.0750. The third-order valence-corrected chi connectivity index (χ3v) is 5.41. The molecule has 0 N–H and O–H groups in total. The van der Waals surface area contributed by atoms with Crippen LogP contribution in [0.15, 0.2) is 42.5 Å². The lowest BCUT2D eigenvalue weighted by molar-refractivity contribution is 0.0511. The molecule has 1 aliphatic carbocycles. The molecule has 2 atom stereocenters. The molecule has 1 fully saturated rings. The largest absolute Gasteiger partial charge is 0.333 e. The molecule has 3 heteroatoms. The van der Waals surface area contributed by atoms with E-state index in [0.717, 1.165) is 24.0 Å². The van der Waals surface area contributed by atoms with Gasteiger partial charge in [0.25, 0.3) is 5.91 Å². The van der Waals surface area contributed by atoms with E-state index in [9.17, 15) is 9.59 Å². The Morgan fingerprint density at radius 1 is 0.917 bits per heavy atom. The van der Waals surface area contributed by atoms with Crippen LogP contribution in [0, 0.1) is 0 Å². The van der Waals surface area contributed by atoms with E-state index in [2.05, 4.69) is 13.8 Å². The summed E-state index contributed by atoms with van der Waals surface area (Å²) < 4.78 is 0. The van der Waals surface area contributed by atoms with Crippen molar-refractivity contribution in [2.45, 2.75) is 45.2 Å². The van der Waals surface area contributed by atoms with Crippen LogP contribution < -0.4 is 0 Å². The van der Waals surface area contributed by atoms with Crippen LogP contribution in [0.1, 0.15) is 59.4 Å². The zero-order valence-corrected chi connectivity index (χ0v) is 14.1. The van der Waals surface area contributed by atoms with E-state index in [1.165, 1.54) is 6.42 Å². The maximum Gasteiger partial charge on any atom is 0.254 e. The standard InChI is InChI=1S/C21H21NO2/c1-13-7-5-8-14(2)22(13)21(24)18-12-6-11-17-19(18)15-9-3-4-10-16(15)20(17)23/h3-4,6,9-14H,5,7-8H2,1-2H3/t13-,14+. The average molecular weight is 319 g/mol. The summed E-state index contributed by atoms with van der Waals surface area (Å²) in [6.07, 6.45) is 3.25. The molecule has 2 aromatic carbocycles. The Balaban J connectivity index is 1.85. The van der Waals surface area contributed by atoms with E-state index < -0.39 is 0 Å². The van der Waals surface area contributed by atoms with Gasteiger partial charge in [0.15, 0.2) is 5.78 Å². The molecule has 3 nitrogen and oxygen atoms in total. The van der Waals surface area contributed by atoms with E-state index in [4.69, 9.17) is 0 Å². The molecule has 0 spiro atoms. The Morgan fingerprint density at radius 2 is 1.54 bits per heavy atom. The first-order valence-electron chi connectivity index (χ1n) is 8.69. The van der Waals surface area contributed by atoms with Gasteiger partial charge < -0.3 is 4.90 Å². The molecule has 4 rings (SSSR count). The second-order valence-corrected chi connectivity index (χ2v) is 6.94. The zero-order chi connectivity index (χ0) is 16.8. The van der Waals surface area contributed by atoms with Crippen LogP contribution in [0.25, 0.3) is 11.1 Å². The molecule has 2 aromatic rings. The van der Waals surface area contributed by atoms with E-state index in [1.54, 1.807) is 0 Å². The summed E-state index contributed by atoms with van der Waals surface area (Å²) in [6, 6.07) is 13.6. The number of likely N-dealkylation sites (tertiary alicyclic amines) is 1. The monoisotopic (exact) mass is 319 g/mol. The predicted octanol–water partition coefficient (Wildman–Crippen LogP) is 4.30. The van der Waals surface area contributed by atoms with Gasteiger partial charge in [0.1, 0.15) is 0 Å². The van der Waals surface area contributed by atoms with Gasteiger partial charge in [-0.05, 0) is 44.7 Å². The fourth-order valence-electron chi connectivity index (χ4n) is 4.21. The van der Waals surface area contributed by atoms with Crippen molar-refractivity contribution in [2.75, 3.05) is 0 Å². The van der Waals surface area contributed by atoms with Crippen LogP contribution >= 0.6 is 0 Å². The third-order valence-electron chi connectivity index (χ3n) is 5.41. The molecule has 0 radical (unpaired) electrons. The van der Waals surface area contributed by atoms with E-state index in [1.807, 2.05) is 47.4 Å². The Kier molecular flexibility index (Phi) is 3.52. The zero-order valence-electron chi connectivity index (χ0n) is 14.1. The number of carbonyl (C=O) groups excluding carboxylic acids is 2. The summed E-state index contributed by atoms with van der Waals surface area (Å²) >= 11 is 0. The van der Waals surface area contributed by atoms with Crippen LogP contribution in [0.4, 0.5) is 0 Å². The summed E-state index contributed by atoms with van der Waals surface area (Å²) in [4.78, 5) is 28.0. The van der Waals surface area contributed by atoms with Crippen molar-refractivity contribution >= 4 is 11.7 Å². The molecule has 0 unspecified atom stereocenters. The number of benzene rings is 2. The number of hydrogen-bond donors (Lipinski definition) is 0. The minimum absolute atomic E-state index is 0.0231. The highest BCUT2D eigenvalue weighted by atomic mass is 16.2. The SMILES string of the molecule is C[C@@H]1CCC[C@H](C)N1C(=O)c1cccc2c1-c1ccccc1C2=O. The predicted molar refractivity (Wildman–Crippen MR) is 94.3 cm³/mol. The topological polar surface area (TPSA) is 37.4 Å². The first-order valence-corrected chi connectivity index (χ1v) is 8.69. The van der Waals surface area contributed by atoms with Crippen molar-refractivity contribution in [3.8, 4) is 11.1 Å². The normalized spacial score (nSPS) is 22.2. The highest BCUT2D eigenvalue weighted by molar-refractivity contribution is 6.24. The highest BCUT2D eigenvalue weighted by Crippen LogP contribution is 2.40. The summed E-state index contributed by atoms with van der Waals surface area (Å²) in [5, 5.41) is 0. The van der Waals surface area contributed by atoms with Crippen LogP contribution in [-0.4, -0.2) is 28.7 Å². The Hall–Kier alpha value is -2.42. The van der Waals surface area contributed by atoms with Gasteiger partial charge >= 0.3 is 0 Å². The number of ketones is 1. The van der Waals surface area contributed by atoms with Crippen LogP contribution in [0.5, 0.6) is 0 Å². The second-order valence-electron chi connectivity index (χ2n) is 6.94. The van der Waals surface area contributed by atoms with Crippen molar-refractivity contribution in [3.63, 3.8) is 0 Å². The minimum atomic E-state index is 0.0231. The van der Waals surface area contributed by atoms with Crippen LogP contribution in [-0.2, 0) is 0 Å². The maximum atomic E-state index is 13.3. The van der Waals surface area contributed by atoms with Gasteiger partial charge in [0.05, 0.1) is 0 Å². The first kappa shape index (κ1) is 15.1. The highest BCUT2D eigenvalue weighted by Gasteiger charge is 2.35. The number of carbonyl (C=O) groups is 2. The number of rotatable bonds is 1. The molecule has 0 saturated carbocycles. The summed E-state index contributed by atoms with van der Waals surface area (Å²) in [5.41, 5.74) is 3.71. The number of piperidine rings is 1. The molecular weight excluding hydrogens is 298 g/mol. The van der Waals surface area contributed by atoms with Crippen molar-refractivity contribution in [1.82, 2.24) is 4.90 Å². The lowest BCUT2D eigenvalue weighted by Gasteiger charge is -2.39. The molecule has 1 heterocycles. The van der Waals surface area contributed by atoms with Gasteiger partial charge in [-0.15, -0.1) is 0 Å². The van der Waals surface area contributed by atoms with E-state index in [0.29, 0.717) is 16.7 Å². The fourth-order valence-corrected chi connectivity index (χ4v) is 4.21. The average Bonchev–Trinajstić information content (AvgIpc) is 2.88. The van der Waals surface area contributed by atoms with Gasteiger partial charge in [0.2, 0.25) is 0 Å². The molecule has 1 aliphatic heterocycles. The number of fused-ring (bicyclic) bond motifs is 3. The summed E-state index contributed by atoms with van der Waals surface area (Å²) in [7, 11) is 0. The lowest BCUT2D eigenvalue weighted by atomic mass is 9.93. The van der Waals surface area contributed by atoms with Crippen molar-refractivity contribution in [3.05, 3.63) is 59.2 Å². The smallest absolute Gasteiger partial charge is 0.254 e. The quantitative estimate of drug-likeness (QED) is 0.670. The molecule has 24 heavy (non-hydrogen) atoms. The van der Waals surface area contributed by atoms with Gasteiger partial charge in [0, 0.05) is 34.3 Å². The lowest BCUT2D eigenvalue weighted by Crippen LogP contribution is -2.47. The Morgan fingerprint density at radius 3 is 2.25 bits per heavy atom. The fraction of sp³-hybridized carbons (Fsp3) is 0.333. The molecule has 2 aliphatic rings. The number of nitrogens with zero attached hydrogens (tertiary/aromatic N) is 1. The number of hydrogen-bond acceptors (Lipinski definition) is 2. The molecule has 1 saturated heterocycles. The second kappa shape index (κ2) is 5.59. The molecule has 0 bridgehead atoms. The number of amides is 1. The van der Waals surface area contributed by atoms with Crippen molar-refractivity contribution in [2.24, 2.45) is 0 Å². The van der Waals surface area contributed by atoms with E-state index in [-0.39, 0.29) is 23.8 Å². The van der Waals surface area contributed by atoms with Crippen LogP contribution in [0.2, 0.25) is 0 Å². The van der Waals surface area contributed by atoms with Gasteiger partial charge in [-0.2, -0.15) is 0 Å². The Labute approximate surface area is 142 Å². The minimum Gasteiger partial charge on any atom is -0.333 e.